The van der Waals surface area contributed by atoms with Gasteiger partial charge in [0, 0.05) is 16.4 Å². The van der Waals surface area contributed by atoms with Gasteiger partial charge in [0.15, 0.2) is 0 Å². The third kappa shape index (κ3) is 4.73. The Bertz CT molecular complexity index is 269. The van der Waals surface area contributed by atoms with Crippen molar-refractivity contribution in [2.45, 2.75) is 27.2 Å². The van der Waals surface area contributed by atoms with Gasteiger partial charge in [-0.1, -0.05) is 52.6 Å². The van der Waals surface area contributed by atoms with Gasteiger partial charge in [0.05, 0.1) is 5.75 Å². The molecule has 0 radical (unpaired) electrons. The fourth-order valence-electron chi connectivity index (χ4n) is 1.27. The molecule has 0 heterocycles. The molecule has 92 valence electrons. The fraction of sp³-hybridized carbons (Fsp3) is 1.00. The molecule has 0 aromatic rings. The molecule has 0 spiro atoms. The molecule has 0 atom stereocenters. The number of hydrogen-bond acceptors (Lipinski definition) is 2. The van der Waals surface area contributed by atoms with Gasteiger partial charge in [-0.2, -0.15) is 0 Å². The highest BCUT2D eigenvalue weighted by molar-refractivity contribution is 9.09. The van der Waals surface area contributed by atoms with E-state index in [1.165, 1.54) is 0 Å². The van der Waals surface area contributed by atoms with E-state index in [0.717, 1.165) is 17.1 Å². The molecule has 2 nitrogen and oxygen atoms in total. The van der Waals surface area contributed by atoms with E-state index in [1.807, 2.05) is 0 Å². The molecule has 0 fully saturated rings. The first-order valence-electron chi connectivity index (χ1n) is 5.16. The molecular formula is C10H20Br2O2S. The van der Waals surface area contributed by atoms with Crippen LogP contribution in [0.2, 0.25) is 0 Å². The maximum Gasteiger partial charge on any atom is 0.150 e. The zero-order valence-electron chi connectivity index (χ0n) is 9.59. The molecule has 0 bridgehead atoms. The first-order chi connectivity index (χ1) is 6.83. The van der Waals surface area contributed by atoms with Crippen molar-refractivity contribution in [3.63, 3.8) is 0 Å². The third-order valence-corrected chi connectivity index (χ3v) is 7.05. The second-order valence-corrected chi connectivity index (χ2v) is 7.86. The Morgan fingerprint density at radius 3 is 1.93 bits per heavy atom. The van der Waals surface area contributed by atoms with Crippen LogP contribution in [0.15, 0.2) is 0 Å². The van der Waals surface area contributed by atoms with Gasteiger partial charge >= 0.3 is 0 Å². The zero-order chi connectivity index (χ0) is 12.1. The number of sulfone groups is 1. The Morgan fingerprint density at radius 1 is 1.20 bits per heavy atom. The topological polar surface area (TPSA) is 34.1 Å². The van der Waals surface area contributed by atoms with Crippen LogP contribution >= 0.6 is 31.9 Å². The summed E-state index contributed by atoms with van der Waals surface area (Å²) in [5, 5.41) is 1.67. The molecule has 0 saturated heterocycles. The molecule has 0 rings (SSSR count). The van der Waals surface area contributed by atoms with Crippen LogP contribution in [0, 0.1) is 11.3 Å². The summed E-state index contributed by atoms with van der Waals surface area (Å²) in [6.45, 7) is 5.98. The second-order valence-electron chi connectivity index (χ2n) is 4.27. The summed E-state index contributed by atoms with van der Waals surface area (Å²) in [6, 6.07) is 0. The van der Waals surface area contributed by atoms with Crippen LogP contribution < -0.4 is 0 Å². The van der Waals surface area contributed by atoms with Crippen molar-refractivity contribution in [2.24, 2.45) is 11.3 Å². The highest BCUT2D eigenvalue weighted by Gasteiger charge is 2.32. The molecular weight excluding hydrogens is 344 g/mol. The van der Waals surface area contributed by atoms with E-state index in [0.29, 0.717) is 11.7 Å². The molecule has 0 aromatic carbocycles. The van der Waals surface area contributed by atoms with Gasteiger partial charge in [-0.15, -0.1) is 0 Å². The molecule has 0 saturated carbocycles. The predicted molar refractivity (Wildman–Crippen MR) is 73.8 cm³/mol. The van der Waals surface area contributed by atoms with Crippen molar-refractivity contribution in [3.8, 4) is 0 Å². The largest absolute Gasteiger partial charge is 0.229 e. The SMILES string of the molecule is CCS(=O)(=O)CCC(CBr)(CBr)C(C)C. The van der Waals surface area contributed by atoms with Gasteiger partial charge < -0.3 is 0 Å². The lowest BCUT2D eigenvalue weighted by atomic mass is 9.79. The van der Waals surface area contributed by atoms with Crippen LogP contribution in [0.1, 0.15) is 27.2 Å². The van der Waals surface area contributed by atoms with Crippen LogP contribution in [-0.2, 0) is 9.84 Å². The second kappa shape index (κ2) is 6.60. The Balaban J connectivity index is 4.57. The molecule has 0 aliphatic carbocycles. The summed E-state index contributed by atoms with van der Waals surface area (Å²) in [5.74, 6) is 0.994. The van der Waals surface area contributed by atoms with Crippen LogP contribution in [0.3, 0.4) is 0 Å². The normalized spacial score (nSPS) is 13.5. The number of hydrogen-bond donors (Lipinski definition) is 0. The monoisotopic (exact) mass is 362 g/mol. The first-order valence-corrected chi connectivity index (χ1v) is 9.22. The first kappa shape index (κ1) is 15.9. The van der Waals surface area contributed by atoms with Crippen molar-refractivity contribution in [3.05, 3.63) is 0 Å². The summed E-state index contributed by atoms with van der Waals surface area (Å²) in [6.07, 6.45) is 0.720. The van der Waals surface area contributed by atoms with Gasteiger partial charge in [0.1, 0.15) is 9.84 Å². The molecule has 15 heavy (non-hydrogen) atoms. The molecule has 0 aromatic heterocycles. The maximum atomic E-state index is 11.5. The summed E-state index contributed by atoms with van der Waals surface area (Å²) in [5.41, 5.74) is 0.0439. The molecule has 0 amide bonds. The summed E-state index contributed by atoms with van der Waals surface area (Å²) >= 11 is 7.00. The van der Waals surface area contributed by atoms with E-state index in [2.05, 4.69) is 45.7 Å². The van der Waals surface area contributed by atoms with Crippen LogP contribution in [0.5, 0.6) is 0 Å². The summed E-state index contributed by atoms with van der Waals surface area (Å²) < 4.78 is 22.9. The molecule has 0 unspecified atom stereocenters. The lowest BCUT2D eigenvalue weighted by molar-refractivity contribution is 0.260. The van der Waals surface area contributed by atoms with E-state index >= 15 is 0 Å². The Morgan fingerprint density at radius 2 is 1.67 bits per heavy atom. The van der Waals surface area contributed by atoms with E-state index < -0.39 is 9.84 Å². The summed E-state index contributed by atoms with van der Waals surface area (Å²) in [7, 11) is -2.85. The van der Waals surface area contributed by atoms with Crippen molar-refractivity contribution in [1.29, 1.82) is 0 Å². The third-order valence-electron chi connectivity index (χ3n) is 3.11. The lowest BCUT2D eigenvalue weighted by Gasteiger charge is -2.34. The molecule has 5 heteroatoms. The van der Waals surface area contributed by atoms with Gasteiger partial charge in [-0.05, 0) is 17.8 Å². The van der Waals surface area contributed by atoms with Crippen LogP contribution in [-0.4, -0.2) is 30.6 Å². The van der Waals surface area contributed by atoms with Crippen LogP contribution in [0.25, 0.3) is 0 Å². The minimum atomic E-state index is -2.85. The maximum absolute atomic E-state index is 11.5. The molecule has 0 aliphatic heterocycles. The Kier molecular flexibility index (Phi) is 7.00. The average molecular weight is 364 g/mol. The van der Waals surface area contributed by atoms with Crippen molar-refractivity contribution < 1.29 is 8.42 Å². The summed E-state index contributed by atoms with van der Waals surface area (Å²) in [4.78, 5) is 0. The number of alkyl halides is 2. The zero-order valence-corrected chi connectivity index (χ0v) is 13.6. The van der Waals surface area contributed by atoms with Crippen molar-refractivity contribution >= 4 is 41.7 Å². The Labute approximate surface area is 110 Å². The van der Waals surface area contributed by atoms with E-state index in [4.69, 9.17) is 0 Å². The number of halogens is 2. The van der Waals surface area contributed by atoms with E-state index in [9.17, 15) is 8.42 Å². The van der Waals surface area contributed by atoms with Crippen LogP contribution in [0.4, 0.5) is 0 Å². The quantitative estimate of drug-likeness (QED) is 0.650. The fourth-order valence-corrected chi connectivity index (χ4v) is 5.06. The van der Waals surface area contributed by atoms with Crippen molar-refractivity contribution in [1.82, 2.24) is 0 Å². The van der Waals surface area contributed by atoms with E-state index in [-0.39, 0.29) is 11.2 Å². The van der Waals surface area contributed by atoms with Gasteiger partial charge in [0.25, 0.3) is 0 Å². The number of rotatable bonds is 7. The van der Waals surface area contributed by atoms with Gasteiger partial charge in [-0.25, -0.2) is 8.42 Å². The Hall–Kier alpha value is 0.910. The van der Waals surface area contributed by atoms with Crippen molar-refractivity contribution in [2.75, 3.05) is 22.2 Å². The van der Waals surface area contributed by atoms with Gasteiger partial charge in [0.2, 0.25) is 0 Å². The lowest BCUT2D eigenvalue weighted by Crippen LogP contribution is -2.33. The standard InChI is InChI=1S/C10H20Br2O2S/c1-4-15(13,14)6-5-10(7-11,8-12)9(2)3/h9H,4-8H2,1-3H3. The molecule has 0 N–H and O–H groups in total. The average Bonchev–Trinajstić information content (AvgIpc) is 2.20. The van der Waals surface area contributed by atoms with Gasteiger partial charge in [-0.3, -0.25) is 0 Å². The minimum Gasteiger partial charge on any atom is -0.229 e. The minimum absolute atomic E-state index is 0.0439. The highest BCUT2D eigenvalue weighted by Crippen LogP contribution is 2.36. The predicted octanol–water partition coefficient (Wildman–Crippen LogP) is 3.24. The highest BCUT2D eigenvalue weighted by atomic mass is 79.9. The smallest absolute Gasteiger partial charge is 0.150 e. The van der Waals surface area contributed by atoms with E-state index in [1.54, 1.807) is 6.92 Å². The molecule has 0 aliphatic rings.